The summed E-state index contributed by atoms with van der Waals surface area (Å²) in [7, 11) is 1.79. The van der Waals surface area contributed by atoms with E-state index in [-0.39, 0.29) is 24.0 Å². The van der Waals surface area contributed by atoms with Crippen LogP contribution in [-0.2, 0) is 13.0 Å². The molecule has 4 nitrogen and oxygen atoms in total. The molecule has 132 valence electrons. The number of hydrogen-bond donors (Lipinski definition) is 2. The highest BCUT2D eigenvalue weighted by molar-refractivity contribution is 14.0. The minimum atomic E-state index is 0. The summed E-state index contributed by atoms with van der Waals surface area (Å²) in [5, 5.41) is 11.9. The zero-order chi connectivity index (χ0) is 16.6. The molecular weight excluding hydrogens is 463 g/mol. The molecule has 0 spiro atoms. The van der Waals surface area contributed by atoms with Gasteiger partial charge in [-0.3, -0.25) is 4.99 Å². The van der Waals surface area contributed by atoms with Crippen LogP contribution >= 0.6 is 46.7 Å². The molecule has 25 heavy (non-hydrogen) atoms. The number of halogens is 1. The molecule has 0 radical (unpaired) electrons. The summed E-state index contributed by atoms with van der Waals surface area (Å²) < 4.78 is 0. The molecule has 2 aromatic heterocycles. The van der Waals surface area contributed by atoms with Gasteiger partial charge in [0.15, 0.2) is 5.96 Å². The second-order valence-electron chi connectivity index (χ2n) is 5.19. The highest BCUT2D eigenvalue weighted by Crippen LogP contribution is 2.23. The summed E-state index contributed by atoms with van der Waals surface area (Å²) >= 11 is 3.45. The van der Waals surface area contributed by atoms with E-state index in [1.807, 2.05) is 18.2 Å². The molecule has 0 aliphatic carbocycles. The van der Waals surface area contributed by atoms with Crippen molar-refractivity contribution >= 4 is 52.6 Å². The van der Waals surface area contributed by atoms with Crippen LogP contribution in [-0.4, -0.2) is 24.5 Å². The third-order valence-corrected chi connectivity index (χ3v) is 5.35. The van der Waals surface area contributed by atoms with E-state index >= 15 is 0 Å². The lowest BCUT2D eigenvalue weighted by Gasteiger charge is -2.10. The van der Waals surface area contributed by atoms with E-state index in [0.717, 1.165) is 35.2 Å². The molecule has 0 atom stereocenters. The number of nitrogens with zero attached hydrogens (tertiary/aromatic N) is 2. The van der Waals surface area contributed by atoms with Crippen molar-refractivity contribution in [1.82, 2.24) is 15.6 Å². The number of nitrogens with one attached hydrogen (secondary N) is 2. The van der Waals surface area contributed by atoms with Gasteiger partial charge in [0.2, 0.25) is 0 Å². The standard InChI is InChI=1S/C18H20N4S2.HI/c1-19-18(20-10-9-16-8-5-11-23-16)21-12-15-13-24-17(22-15)14-6-3-2-4-7-14;/h2-8,11,13H,9-10,12H2,1H3,(H2,19,20,21);1H. The zero-order valence-corrected chi connectivity index (χ0v) is 17.9. The van der Waals surface area contributed by atoms with Gasteiger partial charge in [-0.2, -0.15) is 0 Å². The maximum Gasteiger partial charge on any atom is 0.191 e. The maximum absolute atomic E-state index is 4.68. The molecule has 0 saturated heterocycles. The van der Waals surface area contributed by atoms with E-state index in [9.17, 15) is 0 Å². The number of aromatic nitrogens is 1. The first-order valence-corrected chi connectivity index (χ1v) is 9.58. The Morgan fingerprint density at radius 3 is 2.64 bits per heavy atom. The van der Waals surface area contributed by atoms with Gasteiger partial charge in [-0.05, 0) is 17.9 Å². The van der Waals surface area contributed by atoms with Crippen molar-refractivity contribution in [1.29, 1.82) is 0 Å². The highest BCUT2D eigenvalue weighted by atomic mass is 127. The van der Waals surface area contributed by atoms with Gasteiger partial charge in [0, 0.05) is 29.4 Å². The summed E-state index contributed by atoms with van der Waals surface area (Å²) in [4.78, 5) is 10.3. The van der Waals surface area contributed by atoms with Crippen LogP contribution in [0.1, 0.15) is 10.6 Å². The first-order valence-electron chi connectivity index (χ1n) is 7.82. The molecule has 1 aromatic carbocycles. The van der Waals surface area contributed by atoms with Crippen molar-refractivity contribution in [2.24, 2.45) is 4.99 Å². The van der Waals surface area contributed by atoms with Crippen LogP contribution in [0, 0.1) is 0 Å². The number of hydrogen-bond acceptors (Lipinski definition) is 4. The Kier molecular flexibility index (Phi) is 8.36. The number of benzene rings is 1. The average Bonchev–Trinajstić information content (AvgIpc) is 3.30. The lowest BCUT2D eigenvalue weighted by Crippen LogP contribution is -2.37. The van der Waals surface area contributed by atoms with Crippen molar-refractivity contribution in [2.75, 3.05) is 13.6 Å². The number of thiazole rings is 1. The van der Waals surface area contributed by atoms with Crippen LogP contribution in [0.4, 0.5) is 0 Å². The van der Waals surface area contributed by atoms with Crippen LogP contribution < -0.4 is 10.6 Å². The van der Waals surface area contributed by atoms with Crippen LogP contribution in [0.2, 0.25) is 0 Å². The lowest BCUT2D eigenvalue weighted by molar-refractivity contribution is 0.790. The smallest absolute Gasteiger partial charge is 0.191 e. The van der Waals surface area contributed by atoms with Crippen molar-refractivity contribution in [2.45, 2.75) is 13.0 Å². The fraction of sp³-hybridized carbons (Fsp3) is 0.222. The molecule has 3 rings (SSSR count). The Morgan fingerprint density at radius 2 is 1.92 bits per heavy atom. The predicted octanol–water partition coefficient (Wildman–Crippen LogP) is 4.40. The monoisotopic (exact) mass is 484 g/mol. The summed E-state index contributed by atoms with van der Waals surface area (Å²) in [6.07, 6.45) is 1.01. The van der Waals surface area contributed by atoms with Gasteiger partial charge in [-0.15, -0.1) is 46.7 Å². The van der Waals surface area contributed by atoms with Crippen molar-refractivity contribution < 1.29 is 0 Å². The topological polar surface area (TPSA) is 49.3 Å². The molecule has 2 heterocycles. The van der Waals surface area contributed by atoms with Crippen molar-refractivity contribution in [3.8, 4) is 10.6 Å². The molecule has 0 saturated carbocycles. The van der Waals surface area contributed by atoms with Gasteiger partial charge in [-0.25, -0.2) is 4.98 Å². The van der Waals surface area contributed by atoms with Gasteiger partial charge in [0.05, 0.1) is 12.2 Å². The van der Waals surface area contributed by atoms with Crippen LogP contribution in [0.15, 0.2) is 58.2 Å². The summed E-state index contributed by atoms with van der Waals surface area (Å²) in [5.74, 6) is 0.806. The van der Waals surface area contributed by atoms with E-state index in [4.69, 9.17) is 0 Å². The SMILES string of the molecule is CN=C(NCCc1cccs1)NCc1csc(-c2ccccc2)n1.I. The van der Waals surface area contributed by atoms with E-state index in [0.29, 0.717) is 6.54 Å². The zero-order valence-electron chi connectivity index (χ0n) is 13.9. The van der Waals surface area contributed by atoms with E-state index in [1.54, 1.807) is 29.7 Å². The van der Waals surface area contributed by atoms with E-state index in [1.165, 1.54) is 4.88 Å². The number of thiophene rings is 1. The minimum Gasteiger partial charge on any atom is -0.356 e. The Hall–Kier alpha value is -1.45. The third kappa shape index (κ3) is 6.09. The van der Waals surface area contributed by atoms with Crippen LogP contribution in [0.3, 0.4) is 0 Å². The Bertz CT molecular complexity index is 769. The lowest BCUT2D eigenvalue weighted by atomic mass is 10.2. The number of aliphatic imine (C=N–C) groups is 1. The second-order valence-corrected chi connectivity index (χ2v) is 7.08. The first kappa shape index (κ1) is 19.9. The first-order chi connectivity index (χ1) is 11.8. The Labute approximate surface area is 173 Å². The second kappa shape index (κ2) is 10.5. The van der Waals surface area contributed by atoms with Crippen molar-refractivity contribution in [3.05, 3.63) is 63.8 Å². The quantitative estimate of drug-likeness (QED) is 0.310. The molecule has 0 bridgehead atoms. The van der Waals surface area contributed by atoms with E-state index < -0.39 is 0 Å². The van der Waals surface area contributed by atoms with Gasteiger partial charge >= 0.3 is 0 Å². The minimum absolute atomic E-state index is 0. The molecule has 7 heteroatoms. The molecule has 3 aromatic rings. The normalized spacial score (nSPS) is 11.0. The summed E-state index contributed by atoms with van der Waals surface area (Å²) in [6.45, 7) is 1.54. The Morgan fingerprint density at radius 1 is 1.08 bits per heavy atom. The highest BCUT2D eigenvalue weighted by Gasteiger charge is 2.05. The van der Waals surface area contributed by atoms with Gasteiger partial charge in [0.1, 0.15) is 5.01 Å². The molecule has 0 fully saturated rings. The number of rotatable bonds is 6. The summed E-state index contributed by atoms with van der Waals surface area (Å²) in [5.41, 5.74) is 2.19. The molecule has 2 N–H and O–H groups in total. The molecule has 0 aliphatic rings. The molecular formula is C18H21IN4S2. The molecule has 0 amide bonds. The van der Waals surface area contributed by atoms with Gasteiger partial charge in [-0.1, -0.05) is 36.4 Å². The Balaban J connectivity index is 0.00000225. The van der Waals surface area contributed by atoms with Gasteiger partial charge < -0.3 is 10.6 Å². The van der Waals surface area contributed by atoms with Gasteiger partial charge in [0.25, 0.3) is 0 Å². The van der Waals surface area contributed by atoms with Crippen molar-refractivity contribution in [3.63, 3.8) is 0 Å². The fourth-order valence-electron chi connectivity index (χ4n) is 2.26. The largest absolute Gasteiger partial charge is 0.356 e. The fourth-order valence-corrected chi connectivity index (χ4v) is 3.79. The number of guanidine groups is 1. The predicted molar refractivity (Wildman–Crippen MR) is 119 cm³/mol. The van der Waals surface area contributed by atoms with E-state index in [2.05, 4.69) is 55.6 Å². The third-order valence-electron chi connectivity index (χ3n) is 3.48. The summed E-state index contributed by atoms with van der Waals surface area (Å²) in [6, 6.07) is 14.5. The van der Waals surface area contributed by atoms with Crippen LogP contribution in [0.5, 0.6) is 0 Å². The molecule has 0 unspecified atom stereocenters. The van der Waals surface area contributed by atoms with Crippen LogP contribution in [0.25, 0.3) is 10.6 Å². The maximum atomic E-state index is 4.68. The average molecular weight is 484 g/mol. The molecule has 0 aliphatic heterocycles.